The molecule has 0 fully saturated rings. The van der Waals surface area contributed by atoms with Crippen LogP contribution in [0.3, 0.4) is 0 Å². The molecule has 0 heterocycles. The first-order valence-electron chi connectivity index (χ1n) is 14.2. The zero-order valence-electron chi connectivity index (χ0n) is 22.3. The molecule has 0 spiro atoms. The van der Waals surface area contributed by atoms with E-state index in [0.29, 0.717) is 13.0 Å². The highest BCUT2D eigenvalue weighted by Crippen LogP contribution is 2.17. The van der Waals surface area contributed by atoms with Crippen molar-refractivity contribution < 1.29 is 9.90 Å². The first kappa shape index (κ1) is 33.6. The Hall–Kier alpha value is -0.610. The predicted molar refractivity (Wildman–Crippen MR) is 142 cm³/mol. The second-order valence-corrected chi connectivity index (χ2v) is 9.87. The summed E-state index contributed by atoms with van der Waals surface area (Å²) in [4.78, 5) is 10.3. The number of aliphatic carboxylic acids is 1. The van der Waals surface area contributed by atoms with Gasteiger partial charge in [-0.05, 0) is 19.3 Å². The Morgan fingerprint density at radius 3 is 1.19 bits per heavy atom. The van der Waals surface area contributed by atoms with Crippen LogP contribution < -0.4 is 11.5 Å². The molecule has 0 atom stereocenters. The SMILES string of the molecule is CCCCC(N)(CN)CCCC.CCCCCCCCCCCCCCCCCC(=O)O. The maximum Gasteiger partial charge on any atom is 0.303 e. The van der Waals surface area contributed by atoms with E-state index in [4.69, 9.17) is 16.6 Å². The van der Waals surface area contributed by atoms with Gasteiger partial charge in [0.2, 0.25) is 0 Å². The molecule has 0 unspecified atom stereocenters. The van der Waals surface area contributed by atoms with Crippen molar-refractivity contribution in [1.82, 2.24) is 0 Å². The fourth-order valence-electron chi connectivity index (χ4n) is 4.03. The van der Waals surface area contributed by atoms with Gasteiger partial charge in [0.1, 0.15) is 0 Å². The lowest BCUT2D eigenvalue weighted by atomic mass is 9.88. The Labute approximate surface area is 201 Å². The van der Waals surface area contributed by atoms with Gasteiger partial charge in [0, 0.05) is 18.5 Å². The maximum atomic E-state index is 10.3. The highest BCUT2D eigenvalue weighted by atomic mass is 16.4. The summed E-state index contributed by atoms with van der Waals surface area (Å²) >= 11 is 0. The molecular weight excluding hydrogens is 396 g/mol. The molecule has 0 rings (SSSR count). The number of carboxylic acid groups (broad SMARTS) is 1. The Morgan fingerprint density at radius 1 is 0.594 bits per heavy atom. The predicted octanol–water partition coefficient (Wildman–Crippen LogP) is 8.36. The lowest BCUT2D eigenvalue weighted by Crippen LogP contribution is -2.46. The van der Waals surface area contributed by atoms with Gasteiger partial charge in [-0.2, -0.15) is 0 Å². The molecule has 0 aromatic heterocycles. The fraction of sp³-hybridized carbons (Fsp3) is 0.964. The summed E-state index contributed by atoms with van der Waals surface area (Å²) in [5.74, 6) is -0.653. The molecule has 0 bridgehead atoms. The van der Waals surface area contributed by atoms with Crippen LogP contribution in [-0.2, 0) is 4.79 Å². The Bertz CT molecular complexity index is 366. The van der Waals surface area contributed by atoms with Gasteiger partial charge in [-0.15, -0.1) is 0 Å². The van der Waals surface area contributed by atoms with Crippen LogP contribution in [0.4, 0.5) is 0 Å². The van der Waals surface area contributed by atoms with Crippen molar-refractivity contribution in [2.45, 2.75) is 168 Å². The van der Waals surface area contributed by atoms with Crippen LogP contribution in [0.1, 0.15) is 162 Å². The second-order valence-electron chi connectivity index (χ2n) is 9.87. The van der Waals surface area contributed by atoms with Crippen molar-refractivity contribution in [3.8, 4) is 0 Å². The summed E-state index contributed by atoms with van der Waals surface area (Å²) < 4.78 is 0. The van der Waals surface area contributed by atoms with E-state index in [-0.39, 0.29) is 5.54 Å². The maximum absolute atomic E-state index is 10.3. The summed E-state index contributed by atoms with van der Waals surface area (Å²) in [5, 5.41) is 8.52. The van der Waals surface area contributed by atoms with Crippen LogP contribution in [0.25, 0.3) is 0 Å². The minimum absolute atomic E-state index is 0.0774. The van der Waals surface area contributed by atoms with Crippen molar-refractivity contribution in [2.24, 2.45) is 11.5 Å². The van der Waals surface area contributed by atoms with Gasteiger partial charge in [0.05, 0.1) is 0 Å². The number of nitrogens with two attached hydrogens (primary N) is 2. The van der Waals surface area contributed by atoms with Crippen molar-refractivity contribution in [1.29, 1.82) is 0 Å². The van der Waals surface area contributed by atoms with Crippen LogP contribution >= 0.6 is 0 Å². The van der Waals surface area contributed by atoms with Crippen LogP contribution in [0.5, 0.6) is 0 Å². The summed E-state index contributed by atoms with van der Waals surface area (Å²) in [7, 11) is 0. The third-order valence-corrected chi connectivity index (χ3v) is 6.46. The number of carbonyl (C=O) groups is 1. The Balaban J connectivity index is 0. The van der Waals surface area contributed by atoms with Crippen molar-refractivity contribution in [3.05, 3.63) is 0 Å². The highest BCUT2D eigenvalue weighted by Gasteiger charge is 2.20. The molecule has 0 saturated heterocycles. The molecule has 0 aliphatic carbocycles. The van der Waals surface area contributed by atoms with E-state index in [1.54, 1.807) is 0 Å². The Kier molecular flexibility index (Phi) is 27.9. The summed E-state index contributed by atoms with van der Waals surface area (Å²) in [6.07, 6.45) is 27.2. The number of hydrogen-bond donors (Lipinski definition) is 3. The molecule has 5 N–H and O–H groups in total. The first-order valence-corrected chi connectivity index (χ1v) is 14.2. The second kappa shape index (κ2) is 26.6. The third kappa shape index (κ3) is 27.4. The van der Waals surface area contributed by atoms with Gasteiger partial charge < -0.3 is 16.6 Å². The van der Waals surface area contributed by atoms with E-state index in [9.17, 15) is 4.79 Å². The summed E-state index contributed by atoms with van der Waals surface area (Å²) in [6, 6.07) is 0. The van der Waals surface area contributed by atoms with E-state index in [1.807, 2.05) is 0 Å². The number of rotatable bonds is 23. The van der Waals surface area contributed by atoms with E-state index >= 15 is 0 Å². The minimum atomic E-state index is -0.653. The monoisotopic (exact) mass is 456 g/mol. The molecule has 0 aromatic rings. The largest absolute Gasteiger partial charge is 0.481 e. The van der Waals surface area contributed by atoms with Gasteiger partial charge in [-0.25, -0.2) is 0 Å². The zero-order valence-corrected chi connectivity index (χ0v) is 22.3. The molecule has 4 nitrogen and oxygen atoms in total. The summed E-state index contributed by atoms with van der Waals surface area (Å²) in [6.45, 7) is 7.28. The van der Waals surface area contributed by atoms with E-state index in [1.165, 1.54) is 109 Å². The molecular formula is C28H60N2O2. The molecule has 0 amide bonds. The molecule has 4 heteroatoms. The first-order chi connectivity index (χ1) is 15.5. The van der Waals surface area contributed by atoms with Crippen LogP contribution in [0.2, 0.25) is 0 Å². The lowest BCUT2D eigenvalue weighted by molar-refractivity contribution is -0.137. The van der Waals surface area contributed by atoms with Crippen LogP contribution in [-0.4, -0.2) is 23.2 Å². The van der Waals surface area contributed by atoms with Gasteiger partial charge in [0.15, 0.2) is 0 Å². The number of hydrogen-bond acceptors (Lipinski definition) is 3. The van der Waals surface area contributed by atoms with Crippen LogP contribution in [0.15, 0.2) is 0 Å². The molecule has 0 saturated carbocycles. The minimum Gasteiger partial charge on any atom is -0.481 e. The van der Waals surface area contributed by atoms with E-state index in [2.05, 4.69) is 20.8 Å². The Morgan fingerprint density at radius 2 is 0.906 bits per heavy atom. The molecule has 0 radical (unpaired) electrons. The van der Waals surface area contributed by atoms with Crippen molar-refractivity contribution in [3.63, 3.8) is 0 Å². The smallest absolute Gasteiger partial charge is 0.303 e. The normalized spacial score (nSPS) is 11.3. The third-order valence-electron chi connectivity index (χ3n) is 6.46. The average Bonchev–Trinajstić information content (AvgIpc) is 2.79. The van der Waals surface area contributed by atoms with E-state index in [0.717, 1.165) is 25.7 Å². The fourth-order valence-corrected chi connectivity index (χ4v) is 4.03. The lowest BCUT2D eigenvalue weighted by Gasteiger charge is -2.27. The topological polar surface area (TPSA) is 89.3 Å². The van der Waals surface area contributed by atoms with Gasteiger partial charge in [-0.3, -0.25) is 4.79 Å². The average molecular weight is 457 g/mol. The molecule has 0 aliphatic heterocycles. The quantitative estimate of drug-likeness (QED) is 0.135. The highest BCUT2D eigenvalue weighted by molar-refractivity contribution is 5.66. The van der Waals surface area contributed by atoms with Crippen molar-refractivity contribution >= 4 is 5.97 Å². The number of unbranched alkanes of at least 4 members (excludes halogenated alkanes) is 16. The molecule has 194 valence electrons. The van der Waals surface area contributed by atoms with Gasteiger partial charge in [0.25, 0.3) is 0 Å². The molecule has 32 heavy (non-hydrogen) atoms. The van der Waals surface area contributed by atoms with E-state index < -0.39 is 5.97 Å². The van der Waals surface area contributed by atoms with Crippen molar-refractivity contribution in [2.75, 3.05) is 6.54 Å². The standard InChI is InChI=1S/C18H36O2.C10H24N2/c1-2-3-4-5-6-7-8-9-10-11-12-13-14-15-16-17-18(19)20;1-3-5-7-10(12,9-11)8-6-4-2/h2-17H2,1H3,(H,19,20);3-9,11-12H2,1-2H3. The van der Waals surface area contributed by atoms with Gasteiger partial charge in [-0.1, -0.05) is 136 Å². The zero-order chi connectivity index (χ0) is 24.3. The van der Waals surface area contributed by atoms with Gasteiger partial charge >= 0.3 is 5.97 Å². The number of carboxylic acids is 1. The molecule has 0 aromatic carbocycles. The summed E-state index contributed by atoms with van der Waals surface area (Å²) in [5.41, 5.74) is 11.7. The van der Waals surface area contributed by atoms with Crippen LogP contribution in [0, 0.1) is 0 Å². The molecule has 0 aliphatic rings.